The summed E-state index contributed by atoms with van der Waals surface area (Å²) in [5.41, 5.74) is 5.47. The van der Waals surface area contributed by atoms with E-state index < -0.39 is 5.97 Å². The van der Waals surface area contributed by atoms with Crippen molar-refractivity contribution < 1.29 is 14.7 Å². The van der Waals surface area contributed by atoms with Gasteiger partial charge in [0.05, 0.1) is 16.6 Å². The molecule has 0 aliphatic heterocycles. The first kappa shape index (κ1) is 24.9. The lowest BCUT2D eigenvalue weighted by Crippen LogP contribution is -2.23. The molecule has 0 aliphatic carbocycles. The fraction of sp³-hybridized carbons (Fsp3) is 0.0588. The number of fused-ring (bicyclic) bond motifs is 2. The van der Waals surface area contributed by atoms with Gasteiger partial charge in [0.2, 0.25) is 0 Å². The highest BCUT2D eigenvalue weighted by molar-refractivity contribution is 6.09. The van der Waals surface area contributed by atoms with Crippen molar-refractivity contribution in [1.29, 1.82) is 0 Å². The Kier molecular flexibility index (Phi) is 6.73. The molecule has 3 N–H and O–H groups in total. The van der Waals surface area contributed by atoms with E-state index in [2.05, 4.69) is 45.5 Å². The summed E-state index contributed by atoms with van der Waals surface area (Å²) in [6.45, 7) is 0.898. The number of amides is 1. The van der Waals surface area contributed by atoms with E-state index in [0.29, 0.717) is 12.1 Å². The summed E-state index contributed by atoms with van der Waals surface area (Å²) >= 11 is 0. The number of carboxylic acid groups (broad SMARTS) is 1. The highest BCUT2D eigenvalue weighted by Gasteiger charge is 2.17. The van der Waals surface area contributed by atoms with Crippen LogP contribution in [-0.2, 0) is 13.1 Å². The Morgan fingerprint density at radius 2 is 1.45 bits per heavy atom. The summed E-state index contributed by atoms with van der Waals surface area (Å²) in [4.78, 5) is 24.7. The van der Waals surface area contributed by atoms with Gasteiger partial charge in [0.1, 0.15) is 0 Å². The van der Waals surface area contributed by atoms with Gasteiger partial charge in [-0.15, -0.1) is 0 Å². The zero-order valence-corrected chi connectivity index (χ0v) is 21.7. The van der Waals surface area contributed by atoms with Crippen LogP contribution in [0.2, 0.25) is 0 Å². The minimum atomic E-state index is -0.977. The molecular formula is C34H27N3O3. The van der Waals surface area contributed by atoms with Gasteiger partial charge in [0.15, 0.2) is 0 Å². The summed E-state index contributed by atoms with van der Waals surface area (Å²) < 4.78 is 2.12. The third-order valence-electron chi connectivity index (χ3n) is 7.04. The number of carbonyl (C=O) groups is 2. The molecule has 0 fully saturated rings. The SMILES string of the molecule is O=C(O)c1ccc(CNC(=O)c2ccc(Nc3ccccc3)c3ccn(Cc4ccc5ccccc5c4)c23)cc1. The van der Waals surface area contributed by atoms with E-state index in [1.165, 1.54) is 10.8 Å². The van der Waals surface area contributed by atoms with Crippen LogP contribution in [0.5, 0.6) is 0 Å². The highest BCUT2D eigenvalue weighted by Crippen LogP contribution is 2.31. The summed E-state index contributed by atoms with van der Waals surface area (Å²) in [5, 5.41) is 19.0. The lowest BCUT2D eigenvalue weighted by atomic mass is 10.1. The molecular weight excluding hydrogens is 498 g/mol. The summed E-state index contributed by atoms with van der Waals surface area (Å²) in [5.74, 6) is -1.17. The maximum atomic E-state index is 13.5. The quantitative estimate of drug-likeness (QED) is 0.196. The number of hydrogen-bond donors (Lipinski definition) is 3. The number of aromatic nitrogens is 1. The van der Waals surface area contributed by atoms with Crippen molar-refractivity contribution in [3.05, 3.63) is 144 Å². The average Bonchev–Trinajstić information content (AvgIpc) is 3.40. The van der Waals surface area contributed by atoms with E-state index in [-0.39, 0.29) is 18.0 Å². The summed E-state index contributed by atoms with van der Waals surface area (Å²) in [7, 11) is 0. The van der Waals surface area contributed by atoms with Crippen LogP contribution >= 0.6 is 0 Å². The van der Waals surface area contributed by atoms with Crippen LogP contribution in [-0.4, -0.2) is 21.6 Å². The van der Waals surface area contributed by atoms with E-state index in [0.717, 1.165) is 33.4 Å². The van der Waals surface area contributed by atoms with E-state index in [1.807, 2.05) is 66.9 Å². The number of hydrogen-bond acceptors (Lipinski definition) is 3. The maximum Gasteiger partial charge on any atom is 0.335 e. The lowest BCUT2D eigenvalue weighted by Gasteiger charge is -2.14. The van der Waals surface area contributed by atoms with Gasteiger partial charge in [-0.25, -0.2) is 4.79 Å². The Morgan fingerprint density at radius 3 is 2.23 bits per heavy atom. The molecule has 6 nitrogen and oxygen atoms in total. The number of carboxylic acids is 1. The molecule has 0 saturated heterocycles. The largest absolute Gasteiger partial charge is 0.478 e. The van der Waals surface area contributed by atoms with Crippen molar-refractivity contribution in [2.24, 2.45) is 0 Å². The second kappa shape index (κ2) is 10.8. The molecule has 0 aliphatic rings. The van der Waals surface area contributed by atoms with Crippen LogP contribution in [0, 0.1) is 0 Å². The fourth-order valence-electron chi connectivity index (χ4n) is 5.00. The van der Waals surface area contributed by atoms with E-state index >= 15 is 0 Å². The Bertz CT molecular complexity index is 1840. The van der Waals surface area contributed by atoms with Crippen LogP contribution < -0.4 is 10.6 Å². The minimum absolute atomic E-state index is 0.197. The van der Waals surface area contributed by atoms with Crippen LogP contribution in [0.1, 0.15) is 31.8 Å². The zero-order valence-electron chi connectivity index (χ0n) is 21.7. The summed E-state index contributed by atoms with van der Waals surface area (Å²) in [6, 6.07) is 37.0. The molecule has 5 aromatic carbocycles. The number of rotatable bonds is 8. The first-order valence-corrected chi connectivity index (χ1v) is 13.1. The van der Waals surface area contributed by atoms with Crippen LogP contribution in [0.15, 0.2) is 121 Å². The number of para-hydroxylation sites is 1. The van der Waals surface area contributed by atoms with Gasteiger partial charge < -0.3 is 20.3 Å². The van der Waals surface area contributed by atoms with Gasteiger partial charge in [0.25, 0.3) is 5.91 Å². The molecule has 6 rings (SSSR count). The monoisotopic (exact) mass is 525 g/mol. The molecule has 6 aromatic rings. The minimum Gasteiger partial charge on any atom is -0.478 e. The van der Waals surface area contributed by atoms with Crippen molar-refractivity contribution >= 4 is 44.9 Å². The molecule has 0 atom stereocenters. The number of benzene rings is 5. The highest BCUT2D eigenvalue weighted by atomic mass is 16.4. The molecule has 0 saturated carbocycles. The third-order valence-corrected chi connectivity index (χ3v) is 7.04. The average molecular weight is 526 g/mol. The van der Waals surface area contributed by atoms with Crippen molar-refractivity contribution in [3.63, 3.8) is 0 Å². The first-order valence-electron chi connectivity index (χ1n) is 13.1. The van der Waals surface area contributed by atoms with Crippen LogP contribution in [0.25, 0.3) is 21.7 Å². The van der Waals surface area contributed by atoms with Crippen molar-refractivity contribution in [2.45, 2.75) is 13.1 Å². The second-order valence-corrected chi connectivity index (χ2v) is 9.72. The zero-order chi connectivity index (χ0) is 27.5. The number of nitrogens with one attached hydrogen (secondary N) is 2. The molecule has 6 heteroatoms. The van der Waals surface area contributed by atoms with Gasteiger partial charge >= 0.3 is 5.97 Å². The standard InChI is InChI=1S/C34H27N3O3/c38-33(35-21-23-10-14-26(15-11-23)34(39)40)30-16-17-31(36-28-8-2-1-3-9-28)29-18-19-37(32(29)30)22-24-12-13-25-6-4-5-7-27(25)20-24/h1-20,36H,21-22H2,(H,35,38)(H,39,40). The normalized spacial score (nSPS) is 11.0. The second-order valence-electron chi connectivity index (χ2n) is 9.72. The lowest BCUT2D eigenvalue weighted by molar-refractivity contribution is 0.0696. The van der Waals surface area contributed by atoms with Gasteiger partial charge in [-0.2, -0.15) is 0 Å². The fourth-order valence-corrected chi connectivity index (χ4v) is 5.00. The topological polar surface area (TPSA) is 83.4 Å². The van der Waals surface area contributed by atoms with E-state index in [1.54, 1.807) is 24.3 Å². The molecule has 1 amide bonds. The number of aromatic carboxylic acids is 1. The van der Waals surface area contributed by atoms with E-state index in [9.17, 15) is 9.59 Å². The Balaban J connectivity index is 1.34. The van der Waals surface area contributed by atoms with Crippen molar-refractivity contribution in [1.82, 2.24) is 9.88 Å². The van der Waals surface area contributed by atoms with Gasteiger partial charge in [-0.3, -0.25) is 4.79 Å². The first-order chi connectivity index (χ1) is 19.5. The van der Waals surface area contributed by atoms with Gasteiger partial charge in [-0.1, -0.05) is 66.7 Å². The maximum absolute atomic E-state index is 13.5. The molecule has 40 heavy (non-hydrogen) atoms. The molecule has 196 valence electrons. The van der Waals surface area contributed by atoms with Crippen molar-refractivity contribution in [2.75, 3.05) is 5.32 Å². The molecule has 1 heterocycles. The molecule has 0 radical (unpaired) electrons. The van der Waals surface area contributed by atoms with E-state index in [4.69, 9.17) is 5.11 Å². The molecule has 0 spiro atoms. The van der Waals surface area contributed by atoms with Crippen molar-refractivity contribution in [3.8, 4) is 0 Å². The van der Waals surface area contributed by atoms with Crippen LogP contribution in [0.3, 0.4) is 0 Å². The smallest absolute Gasteiger partial charge is 0.335 e. The molecule has 0 unspecified atom stereocenters. The Hall–Kier alpha value is -5.36. The Labute approximate surface area is 231 Å². The number of anilines is 2. The van der Waals surface area contributed by atoms with Gasteiger partial charge in [-0.05, 0) is 70.4 Å². The predicted molar refractivity (Wildman–Crippen MR) is 159 cm³/mol. The molecule has 1 aromatic heterocycles. The van der Waals surface area contributed by atoms with Crippen LogP contribution in [0.4, 0.5) is 11.4 Å². The number of carbonyl (C=O) groups excluding carboxylic acids is 1. The summed E-state index contributed by atoms with van der Waals surface area (Å²) in [6.07, 6.45) is 2.03. The molecule has 0 bridgehead atoms. The van der Waals surface area contributed by atoms with Gasteiger partial charge in [0, 0.05) is 36.0 Å². The Morgan fingerprint density at radius 1 is 0.725 bits per heavy atom. The predicted octanol–water partition coefficient (Wildman–Crippen LogP) is 7.21. The third kappa shape index (κ3) is 5.15. The number of nitrogens with zero attached hydrogens (tertiary/aromatic N) is 1.